The van der Waals surface area contributed by atoms with Gasteiger partial charge in [-0.25, -0.2) is 13.1 Å². The first-order valence-corrected chi connectivity index (χ1v) is 7.89. The second-order valence-corrected chi connectivity index (χ2v) is 6.82. The molecule has 1 saturated carbocycles. The molecular formula is C13H21ClN2O4S. The third kappa shape index (κ3) is 4.00. The Hall–Kier alpha value is -1.02. The van der Waals surface area contributed by atoms with Crippen LogP contribution in [0.15, 0.2) is 23.1 Å². The first-order chi connectivity index (χ1) is 9.40. The van der Waals surface area contributed by atoms with Crippen molar-refractivity contribution in [2.24, 2.45) is 5.73 Å². The van der Waals surface area contributed by atoms with Crippen molar-refractivity contribution in [3.63, 3.8) is 0 Å². The molecule has 1 fully saturated rings. The molecular weight excluding hydrogens is 316 g/mol. The fraction of sp³-hybridized carbons (Fsp3) is 0.538. The minimum absolute atomic E-state index is 0. The normalized spacial score (nSPS) is 16.5. The van der Waals surface area contributed by atoms with Gasteiger partial charge in [0.05, 0.1) is 19.1 Å². The maximum Gasteiger partial charge on any atom is 0.240 e. The molecule has 0 atom stereocenters. The van der Waals surface area contributed by atoms with Crippen LogP contribution in [-0.4, -0.2) is 34.7 Å². The van der Waals surface area contributed by atoms with E-state index in [-0.39, 0.29) is 23.8 Å². The van der Waals surface area contributed by atoms with Crippen LogP contribution in [0.2, 0.25) is 0 Å². The Morgan fingerprint density at radius 2 is 1.86 bits per heavy atom. The van der Waals surface area contributed by atoms with Crippen molar-refractivity contribution in [2.75, 3.05) is 20.8 Å². The van der Waals surface area contributed by atoms with Gasteiger partial charge in [0, 0.05) is 18.2 Å². The summed E-state index contributed by atoms with van der Waals surface area (Å²) in [6, 6.07) is 4.48. The molecule has 0 aliphatic heterocycles. The van der Waals surface area contributed by atoms with Crippen LogP contribution in [0.4, 0.5) is 0 Å². The smallest absolute Gasteiger partial charge is 0.240 e. The van der Waals surface area contributed by atoms with Gasteiger partial charge in [-0.3, -0.25) is 0 Å². The fourth-order valence-corrected chi connectivity index (χ4v) is 3.27. The molecule has 0 unspecified atom stereocenters. The van der Waals surface area contributed by atoms with Crippen molar-refractivity contribution < 1.29 is 17.9 Å². The van der Waals surface area contributed by atoms with Gasteiger partial charge in [0.2, 0.25) is 10.0 Å². The van der Waals surface area contributed by atoms with Crippen LogP contribution in [0, 0.1) is 0 Å². The molecule has 1 aliphatic carbocycles. The lowest BCUT2D eigenvalue weighted by atomic mass is 9.78. The quantitative estimate of drug-likeness (QED) is 0.816. The van der Waals surface area contributed by atoms with Crippen molar-refractivity contribution in [1.82, 2.24) is 4.72 Å². The lowest BCUT2D eigenvalue weighted by molar-refractivity contribution is 0.251. The molecule has 2 rings (SSSR count). The summed E-state index contributed by atoms with van der Waals surface area (Å²) in [6.45, 7) is 0.254. The van der Waals surface area contributed by atoms with E-state index in [0.29, 0.717) is 11.5 Å². The number of sulfonamides is 1. The van der Waals surface area contributed by atoms with Gasteiger partial charge in [-0.2, -0.15) is 0 Å². The average Bonchev–Trinajstić information content (AvgIpc) is 2.42. The lowest BCUT2D eigenvalue weighted by Gasteiger charge is -2.38. The highest BCUT2D eigenvalue weighted by Gasteiger charge is 2.33. The van der Waals surface area contributed by atoms with Gasteiger partial charge in [-0.15, -0.1) is 12.4 Å². The Bertz CT molecular complexity index is 588. The van der Waals surface area contributed by atoms with E-state index in [1.165, 1.54) is 26.4 Å². The van der Waals surface area contributed by atoms with Crippen LogP contribution >= 0.6 is 12.4 Å². The van der Waals surface area contributed by atoms with E-state index in [9.17, 15) is 8.42 Å². The Morgan fingerprint density at radius 1 is 1.24 bits per heavy atom. The number of hydrogen-bond donors (Lipinski definition) is 2. The van der Waals surface area contributed by atoms with Crippen LogP contribution in [0.3, 0.4) is 0 Å². The molecule has 8 heteroatoms. The van der Waals surface area contributed by atoms with Crippen LogP contribution < -0.4 is 19.9 Å². The number of methoxy groups -OCH3 is 2. The number of ether oxygens (including phenoxy) is 2. The van der Waals surface area contributed by atoms with E-state index < -0.39 is 15.6 Å². The second-order valence-electron chi connectivity index (χ2n) is 5.06. The Labute approximate surface area is 131 Å². The van der Waals surface area contributed by atoms with E-state index in [1.54, 1.807) is 6.07 Å². The van der Waals surface area contributed by atoms with E-state index >= 15 is 0 Å². The van der Waals surface area contributed by atoms with Crippen LogP contribution in [-0.2, 0) is 10.0 Å². The first-order valence-electron chi connectivity index (χ1n) is 6.41. The Balaban J connectivity index is 0.00000220. The van der Waals surface area contributed by atoms with E-state index in [1.807, 2.05) is 0 Å². The molecule has 0 bridgehead atoms. The number of rotatable bonds is 6. The second kappa shape index (κ2) is 6.83. The molecule has 21 heavy (non-hydrogen) atoms. The van der Waals surface area contributed by atoms with Gasteiger partial charge in [0.1, 0.15) is 0 Å². The number of benzene rings is 1. The van der Waals surface area contributed by atoms with Gasteiger partial charge in [-0.05, 0) is 31.4 Å². The SMILES string of the molecule is COc1ccc(S(=O)(=O)NCC2(N)CCC2)cc1OC.Cl. The third-order valence-corrected chi connectivity index (χ3v) is 5.03. The minimum atomic E-state index is -3.59. The van der Waals surface area contributed by atoms with Gasteiger partial charge in [0.15, 0.2) is 11.5 Å². The fourth-order valence-electron chi connectivity index (χ4n) is 2.11. The molecule has 1 aliphatic rings. The summed E-state index contributed by atoms with van der Waals surface area (Å²) in [7, 11) is -0.631. The molecule has 0 amide bonds. The zero-order valence-electron chi connectivity index (χ0n) is 12.1. The monoisotopic (exact) mass is 336 g/mol. The lowest BCUT2D eigenvalue weighted by Crippen LogP contribution is -2.54. The highest BCUT2D eigenvalue weighted by atomic mass is 35.5. The maximum absolute atomic E-state index is 12.2. The minimum Gasteiger partial charge on any atom is -0.493 e. The van der Waals surface area contributed by atoms with Crippen LogP contribution in [0.1, 0.15) is 19.3 Å². The highest BCUT2D eigenvalue weighted by Crippen LogP contribution is 2.31. The standard InChI is InChI=1S/C13H20N2O4S.ClH/c1-18-11-5-4-10(8-12(11)19-2)20(16,17)15-9-13(14)6-3-7-13;/h4-5,8,15H,3,6-7,9,14H2,1-2H3;1H. The van der Waals surface area contributed by atoms with E-state index in [0.717, 1.165) is 19.3 Å². The Morgan fingerprint density at radius 3 is 2.33 bits per heavy atom. The molecule has 0 aromatic heterocycles. The summed E-state index contributed by atoms with van der Waals surface area (Å²) in [5.41, 5.74) is 5.62. The van der Waals surface area contributed by atoms with E-state index in [2.05, 4.69) is 4.72 Å². The van der Waals surface area contributed by atoms with Gasteiger partial charge in [0.25, 0.3) is 0 Å². The maximum atomic E-state index is 12.2. The highest BCUT2D eigenvalue weighted by molar-refractivity contribution is 7.89. The average molecular weight is 337 g/mol. The predicted molar refractivity (Wildman–Crippen MR) is 82.8 cm³/mol. The molecule has 0 radical (unpaired) electrons. The zero-order chi connectivity index (χ0) is 14.8. The molecule has 120 valence electrons. The first kappa shape index (κ1) is 18.0. The number of hydrogen-bond acceptors (Lipinski definition) is 5. The Kier molecular flexibility index (Phi) is 5.86. The molecule has 6 nitrogen and oxygen atoms in total. The summed E-state index contributed by atoms with van der Waals surface area (Å²) in [4.78, 5) is 0.137. The predicted octanol–water partition coefficient (Wildman–Crippen LogP) is 1.29. The van der Waals surface area contributed by atoms with Crippen molar-refractivity contribution >= 4 is 22.4 Å². The topological polar surface area (TPSA) is 90.7 Å². The molecule has 1 aromatic rings. The third-order valence-electron chi connectivity index (χ3n) is 3.63. The van der Waals surface area contributed by atoms with E-state index in [4.69, 9.17) is 15.2 Å². The van der Waals surface area contributed by atoms with Crippen molar-refractivity contribution in [3.05, 3.63) is 18.2 Å². The number of nitrogens with one attached hydrogen (secondary N) is 1. The van der Waals surface area contributed by atoms with Crippen LogP contribution in [0.5, 0.6) is 11.5 Å². The molecule has 0 spiro atoms. The zero-order valence-corrected chi connectivity index (χ0v) is 13.7. The molecule has 1 aromatic carbocycles. The summed E-state index contributed by atoms with van der Waals surface area (Å²) in [5.74, 6) is 0.863. The van der Waals surface area contributed by atoms with Crippen molar-refractivity contribution in [2.45, 2.75) is 29.7 Å². The van der Waals surface area contributed by atoms with Crippen molar-refractivity contribution in [1.29, 1.82) is 0 Å². The summed E-state index contributed by atoms with van der Waals surface area (Å²) in [5, 5.41) is 0. The van der Waals surface area contributed by atoms with Crippen LogP contribution in [0.25, 0.3) is 0 Å². The molecule has 0 saturated heterocycles. The van der Waals surface area contributed by atoms with Gasteiger partial charge in [-0.1, -0.05) is 0 Å². The number of nitrogens with two attached hydrogens (primary N) is 1. The van der Waals surface area contributed by atoms with Gasteiger partial charge >= 0.3 is 0 Å². The van der Waals surface area contributed by atoms with Crippen molar-refractivity contribution in [3.8, 4) is 11.5 Å². The summed E-state index contributed by atoms with van der Waals surface area (Å²) >= 11 is 0. The summed E-state index contributed by atoms with van der Waals surface area (Å²) in [6.07, 6.45) is 2.75. The number of halogens is 1. The molecule has 0 heterocycles. The van der Waals surface area contributed by atoms with Gasteiger partial charge < -0.3 is 15.2 Å². The largest absolute Gasteiger partial charge is 0.493 e. The summed E-state index contributed by atoms with van der Waals surface area (Å²) < 4.78 is 37.2. The molecule has 3 N–H and O–H groups in total.